The number of aryl methyl sites for hydroxylation is 2. The first kappa shape index (κ1) is 24.8. The summed E-state index contributed by atoms with van der Waals surface area (Å²) in [7, 11) is 3.21. The average molecular weight is 524 g/mol. The molecule has 0 fully saturated rings. The molecule has 3 heterocycles. The van der Waals surface area contributed by atoms with Gasteiger partial charge in [0.25, 0.3) is 0 Å². The van der Waals surface area contributed by atoms with Crippen LogP contribution in [0, 0.1) is 0 Å². The molecule has 2 aromatic carbocycles. The fourth-order valence-corrected chi connectivity index (χ4v) is 4.93. The topological polar surface area (TPSA) is 114 Å². The summed E-state index contributed by atoms with van der Waals surface area (Å²) in [5.41, 5.74) is 3.62. The number of benzene rings is 2. The van der Waals surface area contributed by atoms with Crippen LogP contribution in [0.1, 0.15) is 47.7 Å². The number of hydrogen-bond acceptors (Lipinski definition) is 7. The van der Waals surface area contributed by atoms with E-state index in [0.717, 1.165) is 22.5 Å². The van der Waals surface area contributed by atoms with Crippen molar-refractivity contribution in [2.24, 2.45) is 0 Å². The van der Waals surface area contributed by atoms with Gasteiger partial charge in [-0.25, -0.2) is 4.68 Å². The molecule has 5 rings (SSSR count). The number of halogens is 1. The van der Waals surface area contributed by atoms with E-state index >= 15 is 0 Å². The van der Waals surface area contributed by atoms with Gasteiger partial charge in [0.05, 0.1) is 32.0 Å². The van der Waals surface area contributed by atoms with Gasteiger partial charge in [-0.05, 0) is 53.2 Å². The second-order valence-electron chi connectivity index (χ2n) is 8.59. The Labute approximate surface area is 218 Å². The number of para-hydroxylation sites is 1. The maximum atomic E-state index is 11.0. The molecular weight excluding hydrogens is 498 g/mol. The van der Waals surface area contributed by atoms with E-state index in [-0.39, 0.29) is 18.9 Å². The summed E-state index contributed by atoms with van der Waals surface area (Å²) < 4.78 is 21.9. The molecule has 1 N–H and O–H groups in total. The molecule has 0 bridgehead atoms. The van der Waals surface area contributed by atoms with Gasteiger partial charge in [0.2, 0.25) is 0 Å². The molecule has 0 amide bonds. The molecule has 1 aliphatic heterocycles. The van der Waals surface area contributed by atoms with Crippen LogP contribution in [0.3, 0.4) is 0 Å². The number of ether oxygens (including phenoxy) is 3. The zero-order valence-corrected chi connectivity index (χ0v) is 21.1. The lowest BCUT2D eigenvalue weighted by Gasteiger charge is -2.25. The minimum Gasteiger partial charge on any atom is -0.493 e. The summed E-state index contributed by atoms with van der Waals surface area (Å²) in [6.45, 7) is 0.441. The van der Waals surface area contributed by atoms with E-state index in [1.165, 1.54) is 0 Å². The largest absolute Gasteiger partial charge is 0.493 e. The Hall–Kier alpha value is -3.89. The van der Waals surface area contributed by atoms with Crippen LogP contribution >= 0.6 is 11.6 Å². The molecule has 0 spiro atoms. The third-order valence-electron chi connectivity index (χ3n) is 6.43. The predicted octanol–water partition coefficient (Wildman–Crippen LogP) is 4.40. The van der Waals surface area contributed by atoms with Gasteiger partial charge in [-0.15, -0.1) is 5.10 Å². The first-order chi connectivity index (χ1) is 18.0. The van der Waals surface area contributed by atoms with Crippen LogP contribution in [-0.4, -0.2) is 50.1 Å². The lowest BCUT2D eigenvalue weighted by atomic mass is 9.98. The zero-order valence-electron chi connectivity index (χ0n) is 20.4. The number of carboxylic acid groups (broad SMARTS) is 1. The standard InChI is InChI=1S/C26H26ClN5O5/c1-35-22-7-3-5-17(26(22)36-2)25-18-15-16(27)8-9-19(18)31-13-4-6-20(31)21(37-25)12-14-32-23(28-29-30-32)10-11-24(33)34/h3-9,13,15,21,25H,10-12,14H2,1-2H3,(H,33,34)/t21-,25-/m1/s1. The number of hydrogen-bond donors (Lipinski definition) is 1. The fraction of sp³-hybridized carbons (Fsp3) is 0.308. The van der Waals surface area contributed by atoms with Crippen molar-refractivity contribution < 1.29 is 24.1 Å². The van der Waals surface area contributed by atoms with Gasteiger partial charge in [-0.2, -0.15) is 0 Å². The molecule has 11 heteroatoms. The number of rotatable bonds is 9. The molecule has 192 valence electrons. The molecule has 37 heavy (non-hydrogen) atoms. The third kappa shape index (κ3) is 4.90. The van der Waals surface area contributed by atoms with Crippen LogP contribution in [0.25, 0.3) is 5.69 Å². The van der Waals surface area contributed by atoms with E-state index in [0.29, 0.717) is 35.3 Å². The Bertz CT molecular complexity index is 1420. The Morgan fingerprint density at radius 2 is 2.00 bits per heavy atom. The monoisotopic (exact) mass is 523 g/mol. The van der Waals surface area contributed by atoms with E-state index in [2.05, 4.69) is 20.1 Å². The predicted molar refractivity (Wildman–Crippen MR) is 134 cm³/mol. The van der Waals surface area contributed by atoms with Crippen LogP contribution in [0.2, 0.25) is 5.02 Å². The normalized spacial score (nSPS) is 16.5. The van der Waals surface area contributed by atoms with Crippen molar-refractivity contribution in [1.82, 2.24) is 24.8 Å². The molecule has 4 aromatic rings. The minimum absolute atomic E-state index is 0.0447. The Balaban J connectivity index is 1.54. The summed E-state index contributed by atoms with van der Waals surface area (Å²) in [5.74, 6) is 0.811. The van der Waals surface area contributed by atoms with Gasteiger partial charge in [0.1, 0.15) is 12.2 Å². The van der Waals surface area contributed by atoms with Gasteiger partial charge >= 0.3 is 5.97 Å². The van der Waals surface area contributed by atoms with Crippen LogP contribution in [0.4, 0.5) is 0 Å². The maximum Gasteiger partial charge on any atom is 0.303 e. The summed E-state index contributed by atoms with van der Waals surface area (Å²) in [5, 5.41) is 21.5. The van der Waals surface area contributed by atoms with Gasteiger partial charge < -0.3 is 23.9 Å². The lowest BCUT2D eigenvalue weighted by Crippen LogP contribution is -2.15. The summed E-state index contributed by atoms with van der Waals surface area (Å²) >= 11 is 6.46. The van der Waals surface area contributed by atoms with Crippen molar-refractivity contribution >= 4 is 17.6 Å². The highest BCUT2D eigenvalue weighted by Crippen LogP contribution is 2.46. The molecule has 0 radical (unpaired) electrons. The Kier molecular flexibility index (Phi) is 7.11. The number of nitrogens with zero attached hydrogens (tertiary/aromatic N) is 5. The number of aliphatic carboxylic acids is 1. The first-order valence-corrected chi connectivity index (χ1v) is 12.2. The molecule has 2 atom stereocenters. The van der Waals surface area contributed by atoms with E-state index in [1.54, 1.807) is 18.9 Å². The van der Waals surface area contributed by atoms with Crippen LogP contribution in [-0.2, 0) is 22.5 Å². The molecule has 0 unspecified atom stereocenters. The van der Waals surface area contributed by atoms with Crippen molar-refractivity contribution in [3.05, 3.63) is 82.4 Å². The molecule has 1 aliphatic rings. The molecule has 0 saturated carbocycles. The number of carbonyl (C=O) groups is 1. The summed E-state index contributed by atoms with van der Waals surface area (Å²) in [4.78, 5) is 11.0. The molecule has 0 aliphatic carbocycles. The van der Waals surface area contributed by atoms with Crippen molar-refractivity contribution in [3.8, 4) is 17.2 Å². The second-order valence-corrected chi connectivity index (χ2v) is 9.03. The maximum absolute atomic E-state index is 11.0. The highest BCUT2D eigenvalue weighted by molar-refractivity contribution is 6.30. The van der Waals surface area contributed by atoms with E-state index < -0.39 is 12.1 Å². The van der Waals surface area contributed by atoms with Gasteiger partial charge in [0, 0.05) is 35.3 Å². The molecule has 2 aromatic heterocycles. The van der Waals surface area contributed by atoms with Crippen molar-refractivity contribution in [2.45, 2.75) is 38.0 Å². The smallest absolute Gasteiger partial charge is 0.303 e. The van der Waals surface area contributed by atoms with Crippen LogP contribution in [0.15, 0.2) is 54.7 Å². The van der Waals surface area contributed by atoms with E-state index in [4.69, 9.17) is 30.9 Å². The lowest BCUT2D eigenvalue weighted by molar-refractivity contribution is -0.137. The number of methoxy groups -OCH3 is 2. The van der Waals surface area contributed by atoms with Crippen molar-refractivity contribution in [2.75, 3.05) is 14.2 Å². The third-order valence-corrected chi connectivity index (χ3v) is 6.66. The highest BCUT2D eigenvalue weighted by Gasteiger charge is 2.33. The van der Waals surface area contributed by atoms with Crippen molar-refractivity contribution in [3.63, 3.8) is 0 Å². The Morgan fingerprint density at radius 1 is 1.14 bits per heavy atom. The number of carboxylic acids is 1. The fourth-order valence-electron chi connectivity index (χ4n) is 4.75. The van der Waals surface area contributed by atoms with Crippen molar-refractivity contribution in [1.29, 1.82) is 0 Å². The van der Waals surface area contributed by atoms with Gasteiger partial charge in [-0.1, -0.05) is 23.7 Å². The van der Waals surface area contributed by atoms with E-state index in [1.807, 2.05) is 54.7 Å². The summed E-state index contributed by atoms with van der Waals surface area (Å²) in [6.07, 6.45) is 1.88. The minimum atomic E-state index is -0.897. The molecule has 10 nitrogen and oxygen atoms in total. The van der Waals surface area contributed by atoms with Crippen LogP contribution < -0.4 is 9.47 Å². The highest BCUT2D eigenvalue weighted by atomic mass is 35.5. The number of fused-ring (bicyclic) bond motifs is 3. The Morgan fingerprint density at radius 3 is 2.78 bits per heavy atom. The number of aromatic nitrogens is 5. The van der Waals surface area contributed by atoms with Gasteiger partial charge in [-0.3, -0.25) is 4.79 Å². The molecular formula is C26H26ClN5O5. The summed E-state index contributed by atoms with van der Waals surface area (Å²) in [6, 6.07) is 15.5. The number of tetrazole rings is 1. The molecule has 0 saturated heterocycles. The van der Waals surface area contributed by atoms with Gasteiger partial charge in [0.15, 0.2) is 17.3 Å². The first-order valence-electron chi connectivity index (χ1n) is 11.8. The zero-order chi connectivity index (χ0) is 25.9. The van der Waals surface area contributed by atoms with E-state index in [9.17, 15) is 4.79 Å². The quantitative estimate of drug-likeness (QED) is 0.343. The SMILES string of the molecule is COc1cccc([C@H]2O[C@H](CCn3nnnc3CCC(=O)O)c3cccn3-c3ccc(Cl)cc32)c1OC. The second kappa shape index (κ2) is 10.6. The van der Waals surface area contributed by atoms with Crippen LogP contribution in [0.5, 0.6) is 11.5 Å². The average Bonchev–Trinajstić information content (AvgIpc) is 3.54.